The summed E-state index contributed by atoms with van der Waals surface area (Å²) in [5.74, 6) is 2.72. The van der Waals surface area contributed by atoms with Crippen LogP contribution in [0.15, 0.2) is 18.3 Å². The quantitative estimate of drug-likeness (QED) is 0.596. The molecule has 1 aliphatic heterocycles. The first kappa shape index (κ1) is 16.8. The number of amides is 1. The molecule has 0 aliphatic carbocycles. The Labute approximate surface area is 135 Å². The van der Waals surface area contributed by atoms with E-state index in [9.17, 15) is 9.59 Å². The van der Waals surface area contributed by atoms with Crippen molar-refractivity contribution in [2.75, 3.05) is 51.3 Å². The van der Waals surface area contributed by atoms with Gasteiger partial charge in [0.15, 0.2) is 0 Å². The molecule has 0 spiro atoms. The molecule has 0 unspecified atom stereocenters. The Balaban J connectivity index is 1.88. The van der Waals surface area contributed by atoms with Crippen molar-refractivity contribution < 1.29 is 14.3 Å². The SMILES string of the molecule is C#CCNC(=O)c1ccc(N2CCN(CC(=O)OC)CC2)nc1. The molecule has 2 rings (SSSR count). The van der Waals surface area contributed by atoms with Gasteiger partial charge in [0, 0.05) is 32.4 Å². The molecule has 1 fully saturated rings. The molecule has 7 heteroatoms. The largest absolute Gasteiger partial charge is 0.468 e. The summed E-state index contributed by atoms with van der Waals surface area (Å²) in [6.07, 6.45) is 6.65. The summed E-state index contributed by atoms with van der Waals surface area (Å²) >= 11 is 0. The topological polar surface area (TPSA) is 74.8 Å². The molecule has 1 aliphatic rings. The van der Waals surface area contributed by atoms with Crippen molar-refractivity contribution in [3.05, 3.63) is 23.9 Å². The van der Waals surface area contributed by atoms with Crippen molar-refractivity contribution in [3.63, 3.8) is 0 Å². The molecule has 7 nitrogen and oxygen atoms in total. The normalized spacial score (nSPS) is 14.9. The lowest BCUT2D eigenvalue weighted by Gasteiger charge is -2.34. The number of nitrogens with zero attached hydrogens (tertiary/aromatic N) is 3. The van der Waals surface area contributed by atoms with E-state index in [2.05, 4.69) is 25.9 Å². The lowest BCUT2D eigenvalue weighted by atomic mass is 10.2. The van der Waals surface area contributed by atoms with E-state index in [-0.39, 0.29) is 18.4 Å². The fourth-order valence-corrected chi connectivity index (χ4v) is 2.32. The molecule has 1 aromatic heterocycles. The number of anilines is 1. The van der Waals surface area contributed by atoms with Crippen LogP contribution < -0.4 is 10.2 Å². The molecule has 0 aromatic carbocycles. The third-order valence-electron chi connectivity index (χ3n) is 3.64. The number of pyridine rings is 1. The number of esters is 1. The number of hydrogen-bond donors (Lipinski definition) is 1. The minimum absolute atomic E-state index is 0.197. The Bertz CT molecular complexity index is 586. The summed E-state index contributed by atoms with van der Waals surface area (Å²) in [7, 11) is 1.39. The van der Waals surface area contributed by atoms with Crippen LogP contribution in [0.2, 0.25) is 0 Å². The van der Waals surface area contributed by atoms with Crippen molar-refractivity contribution in [2.45, 2.75) is 0 Å². The third-order valence-corrected chi connectivity index (χ3v) is 3.64. The number of piperazine rings is 1. The smallest absolute Gasteiger partial charge is 0.319 e. The summed E-state index contributed by atoms with van der Waals surface area (Å²) in [5, 5.41) is 2.60. The van der Waals surface area contributed by atoms with Crippen LogP contribution in [0.25, 0.3) is 0 Å². The van der Waals surface area contributed by atoms with Gasteiger partial charge in [0.25, 0.3) is 5.91 Å². The molecular weight excluding hydrogens is 296 g/mol. The van der Waals surface area contributed by atoms with Crippen molar-refractivity contribution in [1.29, 1.82) is 0 Å². The van der Waals surface area contributed by atoms with Crippen LogP contribution in [0.1, 0.15) is 10.4 Å². The summed E-state index contributed by atoms with van der Waals surface area (Å²) in [4.78, 5) is 31.5. The number of carbonyl (C=O) groups is 2. The van der Waals surface area contributed by atoms with Gasteiger partial charge < -0.3 is 15.0 Å². The second kappa shape index (κ2) is 8.15. The molecule has 23 heavy (non-hydrogen) atoms. The van der Waals surface area contributed by atoms with Crippen LogP contribution in [0.5, 0.6) is 0 Å². The van der Waals surface area contributed by atoms with Gasteiger partial charge in [0.1, 0.15) is 5.82 Å². The zero-order chi connectivity index (χ0) is 16.7. The minimum Gasteiger partial charge on any atom is -0.468 e. The standard InChI is InChI=1S/C16H20N4O3/c1-3-6-17-16(22)13-4-5-14(18-11-13)20-9-7-19(8-10-20)12-15(21)23-2/h1,4-5,11H,6-10,12H2,2H3,(H,17,22). The molecule has 0 atom stereocenters. The summed E-state index contributed by atoms with van der Waals surface area (Å²) in [5.41, 5.74) is 0.480. The average Bonchev–Trinajstić information content (AvgIpc) is 2.60. The van der Waals surface area contributed by atoms with Gasteiger partial charge >= 0.3 is 5.97 Å². The van der Waals surface area contributed by atoms with Gasteiger partial charge in [-0.15, -0.1) is 6.42 Å². The molecule has 0 bridgehead atoms. The van der Waals surface area contributed by atoms with E-state index >= 15 is 0 Å². The first-order chi connectivity index (χ1) is 11.1. The van der Waals surface area contributed by atoms with Crippen molar-refractivity contribution in [1.82, 2.24) is 15.2 Å². The van der Waals surface area contributed by atoms with Gasteiger partial charge in [-0.25, -0.2) is 4.98 Å². The monoisotopic (exact) mass is 316 g/mol. The van der Waals surface area contributed by atoms with E-state index in [1.165, 1.54) is 7.11 Å². The molecule has 1 amide bonds. The molecule has 0 radical (unpaired) electrons. The van der Waals surface area contributed by atoms with E-state index in [1.54, 1.807) is 12.3 Å². The number of aromatic nitrogens is 1. The molecule has 1 saturated heterocycles. The highest BCUT2D eigenvalue weighted by Gasteiger charge is 2.20. The number of ether oxygens (including phenoxy) is 1. The van der Waals surface area contributed by atoms with Crippen molar-refractivity contribution >= 4 is 17.7 Å². The van der Waals surface area contributed by atoms with Gasteiger partial charge in [0.2, 0.25) is 0 Å². The molecule has 0 saturated carbocycles. The fraction of sp³-hybridized carbons (Fsp3) is 0.438. The van der Waals surface area contributed by atoms with Gasteiger partial charge in [-0.05, 0) is 12.1 Å². The first-order valence-electron chi connectivity index (χ1n) is 7.36. The number of nitrogens with one attached hydrogen (secondary N) is 1. The predicted molar refractivity (Wildman–Crippen MR) is 86.1 cm³/mol. The van der Waals surface area contributed by atoms with Crippen LogP contribution in [-0.4, -0.2) is 68.1 Å². The van der Waals surface area contributed by atoms with Crippen LogP contribution >= 0.6 is 0 Å². The maximum absolute atomic E-state index is 11.8. The zero-order valence-electron chi connectivity index (χ0n) is 13.1. The molecule has 1 aromatic rings. The van der Waals surface area contributed by atoms with Crippen LogP contribution in [0.4, 0.5) is 5.82 Å². The number of rotatable bonds is 5. The van der Waals surface area contributed by atoms with Gasteiger partial charge in [-0.1, -0.05) is 5.92 Å². The maximum atomic E-state index is 11.8. The maximum Gasteiger partial charge on any atom is 0.319 e. The molecular formula is C16H20N4O3. The second-order valence-electron chi connectivity index (χ2n) is 5.13. The van der Waals surface area contributed by atoms with Crippen molar-refractivity contribution in [2.24, 2.45) is 0 Å². The van der Waals surface area contributed by atoms with Gasteiger partial charge in [-0.3, -0.25) is 14.5 Å². The summed E-state index contributed by atoms with van der Waals surface area (Å²) in [6, 6.07) is 3.55. The number of carbonyl (C=O) groups excluding carboxylic acids is 2. The van der Waals surface area contributed by atoms with Crippen molar-refractivity contribution in [3.8, 4) is 12.3 Å². The number of terminal acetylenes is 1. The Morgan fingerprint density at radius 2 is 2.09 bits per heavy atom. The lowest BCUT2D eigenvalue weighted by Crippen LogP contribution is -2.48. The van der Waals surface area contributed by atoms with E-state index in [0.29, 0.717) is 12.1 Å². The molecule has 2 heterocycles. The van der Waals surface area contributed by atoms with E-state index in [1.807, 2.05) is 11.0 Å². The summed E-state index contributed by atoms with van der Waals surface area (Å²) < 4.78 is 4.67. The number of methoxy groups -OCH3 is 1. The lowest BCUT2D eigenvalue weighted by molar-refractivity contribution is -0.142. The van der Waals surface area contributed by atoms with E-state index in [0.717, 1.165) is 32.0 Å². The average molecular weight is 316 g/mol. The Hall–Kier alpha value is -2.59. The highest BCUT2D eigenvalue weighted by atomic mass is 16.5. The van der Waals surface area contributed by atoms with E-state index in [4.69, 9.17) is 6.42 Å². The number of hydrogen-bond acceptors (Lipinski definition) is 6. The fourth-order valence-electron chi connectivity index (χ4n) is 2.32. The summed E-state index contributed by atoms with van der Waals surface area (Å²) in [6.45, 7) is 3.58. The van der Waals surface area contributed by atoms with Crippen LogP contribution in [0, 0.1) is 12.3 Å². The minimum atomic E-state index is -0.232. The zero-order valence-corrected chi connectivity index (χ0v) is 13.1. The van der Waals surface area contributed by atoms with E-state index < -0.39 is 0 Å². The highest BCUT2D eigenvalue weighted by Crippen LogP contribution is 2.14. The third kappa shape index (κ3) is 4.69. The van der Waals surface area contributed by atoms with Crippen LogP contribution in [-0.2, 0) is 9.53 Å². The van der Waals surface area contributed by atoms with Gasteiger partial charge in [-0.2, -0.15) is 0 Å². The highest BCUT2D eigenvalue weighted by molar-refractivity contribution is 5.94. The first-order valence-corrected chi connectivity index (χ1v) is 7.36. The Morgan fingerprint density at radius 1 is 1.35 bits per heavy atom. The van der Waals surface area contributed by atoms with Crippen LogP contribution in [0.3, 0.4) is 0 Å². The Kier molecular flexibility index (Phi) is 5.94. The molecule has 1 N–H and O–H groups in total. The molecule has 122 valence electrons. The second-order valence-corrected chi connectivity index (χ2v) is 5.13. The van der Waals surface area contributed by atoms with Gasteiger partial charge in [0.05, 0.1) is 25.8 Å². The Morgan fingerprint density at radius 3 is 2.65 bits per heavy atom. The predicted octanol–water partition coefficient (Wildman–Crippen LogP) is -0.260.